The van der Waals surface area contributed by atoms with Gasteiger partial charge in [-0.3, -0.25) is 4.79 Å². The van der Waals surface area contributed by atoms with E-state index in [2.05, 4.69) is 6.92 Å². The Hall–Kier alpha value is -1.40. The molecule has 21 heavy (non-hydrogen) atoms. The third kappa shape index (κ3) is 3.44. The van der Waals surface area contributed by atoms with Gasteiger partial charge in [0.25, 0.3) is 0 Å². The first kappa shape index (κ1) is 16.0. The summed E-state index contributed by atoms with van der Waals surface area (Å²) in [4.78, 5) is 14.0. The van der Waals surface area contributed by atoms with Crippen LogP contribution in [-0.2, 0) is 14.8 Å². The third-order valence-electron chi connectivity index (χ3n) is 3.95. The Morgan fingerprint density at radius 1 is 1.29 bits per heavy atom. The molecule has 0 spiro atoms. The summed E-state index contributed by atoms with van der Waals surface area (Å²) in [7, 11) is -0.352. The molecule has 1 aliphatic heterocycles. The minimum atomic E-state index is -3.32. The van der Waals surface area contributed by atoms with Crippen molar-refractivity contribution in [2.24, 2.45) is 5.92 Å². The van der Waals surface area contributed by atoms with Crippen LogP contribution < -0.4 is 0 Å². The van der Waals surface area contributed by atoms with Crippen LogP contribution in [-0.4, -0.2) is 49.9 Å². The van der Waals surface area contributed by atoms with E-state index >= 15 is 0 Å². The number of rotatable bonds is 5. The van der Waals surface area contributed by atoms with Crippen LogP contribution in [0.15, 0.2) is 30.3 Å². The van der Waals surface area contributed by atoms with Crippen molar-refractivity contribution in [2.45, 2.75) is 19.4 Å². The average molecular weight is 310 g/mol. The summed E-state index contributed by atoms with van der Waals surface area (Å²) in [6, 6.07) is 9.96. The molecular weight excluding hydrogens is 288 g/mol. The van der Waals surface area contributed by atoms with Crippen LogP contribution in [0.5, 0.6) is 0 Å². The summed E-state index contributed by atoms with van der Waals surface area (Å²) in [5.74, 6) is 0.180. The average Bonchev–Trinajstić information content (AvgIpc) is 2.43. The van der Waals surface area contributed by atoms with Crippen LogP contribution in [0, 0.1) is 5.92 Å². The Balaban J connectivity index is 2.01. The van der Waals surface area contributed by atoms with Gasteiger partial charge in [-0.1, -0.05) is 37.3 Å². The van der Waals surface area contributed by atoms with E-state index in [4.69, 9.17) is 0 Å². The Morgan fingerprint density at radius 3 is 2.43 bits per heavy atom. The van der Waals surface area contributed by atoms with E-state index in [-0.39, 0.29) is 24.1 Å². The predicted octanol–water partition coefficient (Wildman–Crippen LogP) is 1.49. The third-order valence-corrected chi connectivity index (χ3v) is 5.78. The number of benzene rings is 1. The van der Waals surface area contributed by atoms with Crippen molar-refractivity contribution >= 4 is 15.9 Å². The highest BCUT2D eigenvalue weighted by atomic mass is 32.2. The lowest BCUT2D eigenvalue weighted by atomic mass is 9.84. The monoisotopic (exact) mass is 310 g/mol. The molecule has 0 bridgehead atoms. The molecule has 1 fully saturated rings. The topological polar surface area (TPSA) is 57.7 Å². The minimum absolute atomic E-state index is 0.0383. The summed E-state index contributed by atoms with van der Waals surface area (Å²) in [6.45, 7) is 2.80. The molecule has 0 N–H and O–H groups in total. The van der Waals surface area contributed by atoms with Crippen molar-refractivity contribution in [2.75, 3.05) is 26.4 Å². The van der Waals surface area contributed by atoms with Gasteiger partial charge in [0.15, 0.2) is 0 Å². The van der Waals surface area contributed by atoms with Crippen molar-refractivity contribution in [1.82, 2.24) is 9.21 Å². The fourth-order valence-corrected chi connectivity index (χ4v) is 3.45. The van der Waals surface area contributed by atoms with Gasteiger partial charge in [0.2, 0.25) is 15.9 Å². The summed E-state index contributed by atoms with van der Waals surface area (Å²) in [5, 5.41) is 0. The van der Waals surface area contributed by atoms with E-state index in [0.717, 1.165) is 9.87 Å². The van der Waals surface area contributed by atoms with Crippen molar-refractivity contribution in [3.63, 3.8) is 0 Å². The van der Waals surface area contributed by atoms with Crippen molar-refractivity contribution in [3.8, 4) is 0 Å². The molecule has 5 nitrogen and oxygen atoms in total. The second-order valence-corrected chi connectivity index (χ2v) is 8.03. The van der Waals surface area contributed by atoms with Crippen LogP contribution in [0.4, 0.5) is 0 Å². The van der Waals surface area contributed by atoms with Gasteiger partial charge < -0.3 is 4.90 Å². The van der Waals surface area contributed by atoms with E-state index in [1.54, 1.807) is 4.90 Å². The quantitative estimate of drug-likeness (QED) is 0.828. The Kier molecular flexibility index (Phi) is 4.68. The zero-order valence-corrected chi connectivity index (χ0v) is 13.5. The summed E-state index contributed by atoms with van der Waals surface area (Å²) < 4.78 is 24.6. The first-order chi connectivity index (χ1) is 9.83. The van der Waals surface area contributed by atoms with Gasteiger partial charge in [-0.25, -0.2) is 12.7 Å². The molecule has 0 aromatic heterocycles. The van der Waals surface area contributed by atoms with Gasteiger partial charge in [-0.2, -0.15) is 0 Å². The van der Waals surface area contributed by atoms with Gasteiger partial charge in [0.1, 0.15) is 0 Å². The van der Waals surface area contributed by atoms with Crippen molar-refractivity contribution in [3.05, 3.63) is 35.9 Å². The lowest BCUT2D eigenvalue weighted by Gasteiger charge is -2.47. The Bertz CT molecular complexity index is 599. The maximum Gasteiger partial charge on any atom is 0.224 e. The number of hydrogen-bond acceptors (Lipinski definition) is 3. The molecule has 1 aromatic carbocycles. The van der Waals surface area contributed by atoms with Gasteiger partial charge >= 0.3 is 0 Å². The molecule has 1 aromatic rings. The standard InChI is InChI=1S/C15H22N2O3S/c1-12-11-17(15(12)13-7-5-4-6-8-13)14(18)9-10-21(19,20)16(2)3/h4-8,12,15H,9-11H2,1-3H3/t12-,15-/m0/s1. The molecule has 2 rings (SSSR count). The zero-order valence-electron chi connectivity index (χ0n) is 12.7. The molecule has 0 unspecified atom stereocenters. The van der Waals surface area contributed by atoms with Crippen LogP contribution in [0.3, 0.4) is 0 Å². The zero-order chi connectivity index (χ0) is 15.6. The second kappa shape index (κ2) is 6.15. The van der Waals surface area contributed by atoms with E-state index < -0.39 is 10.0 Å². The minimum Gasteiger partial charge on any atom is -0.335 e. The van der Waals surface area contributed by atoms with Crippen LogP contribution in [0.25, 0.3) is 0 Å². The molecule has 0 radical (unpaired) electrons. The maximum atomic E-state index is 12.3. The highest BCUT2D eigenvalue weighted by Crippen LogP contribution is 2.38. The molecule has 0 saturated carbocycles. The first-order valence-corrected chi connectivity index (χ1v) is 8.68. The van der Waals surface area contributed by atoms with E-state index in [1.807, 2.05) is 30.3 Å². The number of carbonyl (C=O) groups excluding carboxylic acids is 1. The lowest BCUT2D eigenvalue weighted by molar-refractivity contribution is -0.143. The van der Waals surface area contributed by atoms with Gasteiger partial charge in [0, 0.05) is 27.1 Å². The summed E-state index contributed by atoms with van der Waals surface area (Å²) in [5.41, 5.74) is 1.11. The number of carbonyl (C=O) groups is 1. The summed E-state index contributed by atoms with van der Waals surface area (Å²) in [6.07, 6.45) is 0.0383. The second-order valence-electron chi connectivity index (χ2n) is 5.73. The molecule has 6 heteroatoms. The molecule has 1 saturated heterocycles. The molecule has 116 valence electrons. The smallest absolute Gasteiger partial charge is 0.224 e. The van der Waals surface area contributed by atoms with Crippen LogP contribution in [0.2, 0.25) is 0 Å². The SMILES string of the molecule is C[C@H]1CN(C(=O)CCS(=O)(=O)N(C)C)[C@@H]1c1ccccc1. The Labute approximate surface area is 126 Å². The lowest BCUT2D eigenvalue weighted by Crippen LogP contribution is -2.51. The van der Waals surface area contributed by atoms with Gasteiger partial charge in [-0.05, 0) is 11.5 Å². The van der Waals surface area contributed by atoms with Crippen LogP contribution in [0.1, 0.15) is 24.9 Å². The number of amides is 1. The molecule has 1 heterocycles. The number of likely N-dealkylation sites (tertiary alicyclic amines) is 1. The van der Waals surface area contributed by atoms with Crippen molar-refractivity contribution < 1.29 is 13.2 Å². The highest BCUT2D eigenvalue weighted by Gasteiger charge is 2.39. The van der Waals surface area contributed by atoms with E-state index in [0.29, 0.717) is 12.5 Å². The fourth-order valence-electron chi connectivity index (χ4n) is 2.65. The Morgan fingerprint density at radius 2 is 1.90 bits per heavy atom. The molecule has 0 aliphatic carbocycles. The number of hydrogen-bond donors (Lipinski definition) is 0. The van der Waals surface area contributed by atoms with E-state index in [1.165, 1.54) is 14.1 Å². The number of sulfonamides is 1. The van der Waals surface area contributed by atoms with Crippen molar-refractivity contribution in [1.29, 1.82) is 0 Å². The molecule has 1 aliphatic rings. The largest absolute Gasteiger partial charge is 0.335 e. The number of nitrogens with zero attached hydrogens (tertiary/aromatic N) is 2. The predicted molar refractivity (Wildman–Crippen MR) is 82.2 cm³/mol. The van der Waals surface area contributed by atoms with Gasteiger partial charge in [-0.15, -0.1) is 0 Å². The molecule has 2 atom stereocenters. The fraction of sp³-hybridized carbons (Fsp3) is 0.533. The van der Waals surface area contributed by atoms with Crippen LogP contribution >= 0.6 is 0 Å². The highest BCUT2D eigenvalue weighted by molar-refractivity contribution is 7.89. The maximum absolute atomic E-state index is 12.3. The van der Waals surface area contributed by atoms with E-state index in [9.17, 15) is 13.2 Å². The van der Waals surface area contributed by atoms with Gasteiger partial charge in [0.05, 0.1) is 11.8 Å². The first-order valence-electron chi connectivity index (χ1n) is 7.07. The normalized spacial score (nSPS) is 22.2. The molecule has 1 amide bonds. The summed E-state index contributed by atoms with van der Waals surface area (Å²) >= 11 is 0. The molecular formula is C15H22N2O3S.